The summed E-state index contributed by atoms with van der Waals surface area (Å²) in [5, 5.41) is 21.2. The molecule has 0 spiro atoms. The number of nitrogens with zero attached hydrogens (tertiary/aromatic N) is 1. The van der Waals surface area contributed by atoms with Crippen LogP contribution in [-0.4, -0.2) is 29.8 Å². The summed E-state index contributed by atoms with van der Waals surface area (Å²) < 4.78 is 3.43. The molecule has 4 aromatic rings. The SMILES string of the molecule is Nc1c(C(=O)O)cc(Br)c2ccccc12.Nc1c(C(=O)O)ccc2ccccc12.[B]=NS. The molecule has 4 aromatic carbocycles. The van der Waals surface area contributed by atoms with Gasteiger partial charge in [-0.2, -0.15) is 0 Å². The van der Waals surface area contributed by atoms with E-state index in [0.29, 0.717) is 11.4 Å². The fraction of sp³-hybridized carbons (Fsp3) is 0. The molecule has 0 atom stereocenters. The Kier molecular flexibility index (Phi) is 8.80. The fourth-order valence-electron chi connectivity index (χ4n) is 3.01. The van der Waals surface area contributed by atoms with Gasteiger partial charge in [-0.3, -0.25) is 0 Å². The van der Waals surface area contributed by atoms with Gasteiger partial charge in [0, 0.05) is 15.2 Å². The average molecular weight is 511 g/mol. The van der Waals surface area contributed by atoms with Crippen LogP contribution in [-0.2, 0) is 0 Å². The van der Waals surface area contributed by atoms with Crippen molar-refractivity contribution in [1.29, 1.82) is 0 Å². The van der Waals surface area contributed by atoms with E-state index >= 15 is 0 Å². The quantitative estimate of drug-likeness (QED) is 0.143. The van der Waals surface area contributed by atoms with Gasteiger partial charge in [-0.1, -0.05) is 70.5 Å². The average Bonchev–Trinajstić information content (AvgIpc) is 2.77. The predicted molar refractivity (Wildman–Crippen MR) is 136 cm³/mol. The molecule has 0 amide bonds. The molecule has 0 fully saturated rings. The zero-order valence-electron chi connectivity index (χ0n) is 16.6. The van der Waals surface area contributed by atoms with Crippen LogP contribution >= 0.6 is 28.7 Å². The normalized spacial score (nSPS) is 9.78. The van der Waals surface area contributed by atoms with Crippen molar-refractivity contribution >= 4 is 81.2 Å². The van der Waals surface area contributed by atoms with E-state index in [1.54, 1.807) is 6.07 Å². The number of thiol groups is 1. The number of halogens is 1. The molecular weight excluding hydrogens is 493 g/mol. The van der Waals surface area contributed by atoms with E-state index in [1.165, 1.54) is 12.1 Å². The molecule has 0 aliphatic carbocycles. The number of hydrogen-bond donors (Lipinski definition) is 5. The summed E-state index contributed by atoms with van der Waals surface area (Å²) in [6.45, 7) is 0. The van der Waals surface area contributed by atoms with E-state index in [4.69, 9.17) is 21.7 Å². The molecule has 0 aliphatic rings. The van der Waals surface area contributed by atoms with Crippen LogP contribution < -0.4 is 11.5 Å². The van der Waals surface area contributed by atoms with Gasteiger partial charge in [0.2, 0.25) is 0 Å². The van der Waals surface area contributed by atoms with Gasteiger partial charge in [0.15, 0.2) is 0 Å². The molecule has 1 radical (unpaired) electrons. The minimum absolute atomic E-state index is 0.126. The maximum atomic E-state index is 10.9. The third-order valence-electron chi connectivity index (χ3n) is 4.47. The van der Waals surface area contributed by atoms with Crippen LogP contribution in [0.25, 0.3) is 21.5 Å². The molecule has 0 aliphatic heterocycles. The van der Waals surface area contributed by atoms with Gasteiger partial charge in [-0.15, -0.1) is 0 Å². The number of carboxylic acids is 2. The maximum absolute atomic E-state index is 10.9. The molecule has 7 nitrogen and oxygen atoms in total. The molecule has 32 heavy (non-hydrogen) atoms. The number of hydrogen-bond acceptors (Lipinski definition) is 6. The summed E-state index contributed by atoms with van der Waals surface area (Å²) in [7, 11) is 4.34. The Labute approximate surface area is 198 Å². The summed E-state index contributed by atoms with van der Waals surface area (Å²) in [6, 6.07) is 19.7. The van der Waals surface area contributed by atoms with Crippen LogP contribution in [0.5, 0.6) is 0 Å². The number of benzene rings is 4. The van der Waals surface area contributed by atoms with Crippen molar-refractivity contribution in [2.75, 3.05) is 11.5 Å². The second kappa shape index (κ2) is 11.3. The molecule has 0 unspecified atom stereocenters. The van der Waals surface area contributed by atoms with E-state index < -0.39 is 11.9 Å². The predicted octanol–water partition coefficient (Wildman–Crippen LogP) is 5.19. The number of anilines is 2. The Bertz CT molecular complexity index is 1320. The first-order valence-corrected chi connectivity index (χ1v) is 10.2. The molecule has 10 heteroatoms. The molecule has 0 aromatic heterocycles. The van der Waals surface area contributed by atoms with E-state index in [-0.39, 0.29) is 11.1 Å². The first-order valence-electron chi connectivity index (χ1n) is 8.97. The summed E-state index contributed by atoms with van der Waals surface area (Å²) in [4.78, 5) is 21.7. The van der Waals surface area contributed by atoms with Crippen molar-refractivity contribution in [2.45, 2.75) is 0 Å². The Morgan fingerprint density at radius 1 is 0.812 bits per heavy atom. The molecule has 4 rings (SSSR count). The monoisotopic (exact) mass is 510 g/mol. The Morgan fingerprint density at radius 2 is 1.28 bits per heavy atom. The number of carboxylic acid groups (broad SMARTS) is 2. The van der Waals surface area contributed by atoms with E-state index in [9.17, 15) is 9.59 Å². The Hall–Kier alpha value is -3.37. The second-order valence-electron chi connectivity index (χ2n) is 6.34. The van der Waals surface area contributed by atoms with Gasteiger partial charge < -0.3 is 21.7 Å². The molecule has 161 valence electrons. The molecule has 0 heterocycles. The second-order valence-corrected chi connectivity index (χ2v) is 7.42. The van der Waals surface area contributed by atoms with E-state index in [2.05, 4.69) is 40.7 Å². The van der Waals surface area contributed by atoms with Gasteiger partial charge in [-0.05, 0) is 22.9 Å². The van der Waals surface area contributed by atoms with Crippen molar-refractivity contribution in [2.24, 2.45) is 4.30 Å². The molecule has 6 N–H and O–H groups in total. The third-order valence-corrected chi connectivity index (χ3v) is 5.12. The van der Waals surface area contributed by atoms with Crippen LogP contribution in [0.4, 0.5) is 11.4 Å². The van der Waals surface area contributed by atoms with Crippen molar-refractivity contribution in [1.82, 2.24) is 0 Å². The molecule has 0 saturated carbocycles. The number of fused-ring (bicyclic) bond motifs is 2. The Balaban J connectivity index is 0.000000203. The van der Waals surface area contributed by atoms with Crippen molar-refractivity contribution < 1.29 is 19.8 Å². The number of nitrogens with two attached hydrogens (primary N) is 2. The zero-order chi connectivity index (χ0) is 23.8. The number of nitrogen functional groups attached to an aromatic ring is 2. The standard InChI is InChI=1S/C11H8BrNO2.C11H9NO2.BHNS/c12-9-5-8(11(14)15)10(13)7-4-2-1-3-6(7)9;12-10-8-4-2-1-3-7(8)5-6-9(10)11(13)14;1-2-3/h1-5H,13H2,(H,14,15);1-6H,12H2,(H,13,14);3H. The third kappa shape index (κ3) is 5.65. The van der Waals surface area contributed by atoms with Crippen LogP contribution in [0.2, 0.25) is 0 Å². The van der Waals surface area contributed by atoms with E-state index in [1.807, 2.05) is 48.5 Å². The first-order chi connectivity index (χ1) is 15.2. The van der Waals surface area contributed by atoms with Crippen molar-refractivity contribution in [3.63, 3.8) is 0 Å². The van der Waals surface area contributed by atoms with Gasteiger partial charge >= 0.3 is 36.7 Å². The first kappa shape index (κ1) is 24.9. The summed E-state index contributed by atoms with van der Waals surface area (Å²) in [6.07, 6.45) is 0. The number of rotatable bonds is 2. The number of aromatic carboxylic acids is 2. The summed E-state index contributed by atoms with van der Waals surface area (Å²) in [5.41, 5.74) is 12.4. The summed E-state index contributed by atoms with van der Waals surface area (Å²) in [5.74, 6) is -2.01. The van der Waals surface area contributed by atoms with Crippen LogP contribution in [0.15, 0.2) is 75.5 Å². The minimum atomic E-state index is -1.01. The van der Waals surface area contributed by atoms with Gasteiger partial charge in [0.05, 0.1) is 22.5 Å². The van der Waals surface area contributed by atoms with Gasteiger partial charge in [0.25, 0.3) is 0 Å². The molecule has 0 saturated heterocycles. The van der Waals surface area contributed by atoms with Crippen molar-refractivity contribution in [3.05, 3.63) is 82.3 Å². The fourth-order valence-corrected chi connectivity index (χ4v) is 3.59. The van der Waals surface area contributed by atoms with Crippen LogP contribution in [0.1, 0.15) is 20.7 Å². The van der Waals surface area contributed by atoms with Gasteiger partial charge in [0.1, 0.15) is 0 Å². The zero-order valence-corrected chi connectivity index (χ0v) is 19.0. The van der Waals surface area contributed by atoms with Crippen LogP contribution in [0, 0.1) is 0 Å². The topological polar surface area (TPSA) is 139 Å². The van der Waals surface area contributed by atoms with E-state index in [0.717, 1.165) is 26.0 Å². The van der Waals surface area contributed by atoms with Crippen LogP contribution in [0.3, 0.4) is 0 Å². The number of carbonyl (C=O) groups is 2. The Morgan fingerprint density at radius 3 is 1.84 bits per heavy atom. The van der Waals surface area contributed by atoms with Crippen molar-refractivity contribution in [3.8, 4) is 0 Å². The van der Waals surface area contributed by atoms with Gasteiger partial charge in [-0.25, -0.2) is 9.59 Å². The molecule has 0 bridgehead atoms. The molecular formula is C22H18BBrN3O4S. The summed E-state index contributed by atoms with van der Waals surface area (Å²) >= 11 is 6.52.